The van der Waals surface area contributed by atoms with Crippen molar-refractivity contribution >= 4 is 11.8 Å². The van der Waals surface area contributed by atoms with Crippen molar-refractivity contribution in [2.45, 2.75) is 25.8 Å². The minimum atomic E-state index is -0.274. The van der Waals surface area contributed by atoms with Gasteiger partial charge in [-0.25, -0.2) is 5.84 Å². The maximum atomic E-state index is 12.7. The zero-order valence-corrected chi connectivity index (χ0v) is 15.7. The summed E-state index contributed by atoms with van der Waals surface area (Å²) in [6, 6.07) is 12.5. The summed E-state index contributed by atoms with van der Waals surface area (Å²) < 4.78 is 10.6. The van der Waals surface area contributed by atoms with Gasteiger partial charge in [0.25, 0.3) is 5.91 Å². The van der Waals surface area contributed by atoms with Crippen LogP contribution in [-0.4, -0.2) is 26.0 Å². The molecule has 144 valence electrons. The summed E-state index contributed by atoms with van der Waals surface area (Å²) in [5.74, 6) is 5.86. The highest BCUT2D eigenvalue weighted by Crippen LogP contribution is 2.30. The molecule has 0 aliphatic carbocycles. The number of methoxy groups -OCH3 is 2. The van der Waals surface area contributed by atoms with Gasteiger partial charge in [-0.3, -0.25) is 15.0 Å². The third-order valence-electron chi connectivity index (χ3n) is 4.30. The maximum absolute atomic E-state index is 12.7. The molecule has 0 heterocycles. The molecule has 4 N–H and O–H groups in total. The number of amides is 2. The van der Waals surface area contributed by atoms with Crippen molar-refractivity contribution in [1.82, 2.24) is 10.7 Å². The van der Waals surface area contributed by atoms with Gasteiger partial charge in [0.1, 0.15) is 0 Å². The molecule has 0 bridgehead atoms. The van der Waals surface area contributed by atoms with Crippen molar-refractivity contribution in [2.24, 2.45) is 5.84 Å². The van der Waals surface area contributed by atoms with Gasteiger partial charge in [-0.15, -0.1) is 0 Å². The van der Waals surface area contributed by atoms with Gasteiger partial charge in [0.2, 0.25) is 5.91 Å². The molecule has 0 radical (unpaired) electrons. The first-order valence-electron chi connectivity index (χ1n) is 8.60. The molecular formula is C20H25N3O4. The number of carbonyl (C=O) groups excluding carboxylic acids is 2. The van der Waals surface area contributed by atoms with E-state index in [0.717, 1.165) is 11.1 Å². The monoisotopic (exact) mass is 371 g/mol. The molecule has 1 atom stereocenters. The normalized spacial score (nSPS) is 11.4. The quantitative estimate of drug-likeness (QED) is 0.375. The van der Waals surface area contributed by atoms with Gasteiger partial charge in [0.15, 0.2) is 11.5 Å². The van der Waals surface area contributed by atoms with Gasteiger partial charge in [-0.2, -0.15) is 0 Å². The Kier molecular flexibility index (Phi) is 7.19. The summed E-state index contributed by atoms with van der Waals surface area (Å²) in [7, 11) is 3.14. The van der Waals surface area contributed by atoms with Crippen LogP contribution in [0.15, 0.2) is 42.5 Å². The molecule has 2 rings (SSSR count). The Balaban J connectivity index is 2.14. The molecular weight excluding hydrogens is 346 g/mol. The van der Waals surface area contributed by atoms with Gasteiger partial charge in [-0.1, -0.05) is 24.3 Å². The van der Waals surface area contributed by atoms with Crippen molar-refractivity contribution in [3.05, 3.63) is 59.2 Å². The van der Waals surface area contributed by atoms with Gasteiger partial charge in [0.05, 0.1) is 20.3 Å². The number of hydrogen-bond donors (Lipinski definition) is 3. The highest BCUT2D eigenvalue weighted by Gasteiger charge is 2.16. The van der Waals surface area contributed by atoms with E-state index >= 15 is 0 Å². The van der Waals surface area contributed by atoms with Crippen molar-refractivity contribution in [3.8, 4) is 11.5 Å². The van der Waals surface area contributed by atoms with E-state index in [-0.39, 0.29) is 24.3 Å². The molecule has 7 heteroatoms. The highest BCUT2D eigenvalue weighted by molar-refractivity contribution is 5.96. The molecule has 2 aromatic rings. The van der Waals surface area contributed by atoms with E-state index in [1.165, 1.54) is 0 Å². The first-order valence-corrected chi connectivity index (χ1v) is 8.60. The predicted octanol–water partition coefficient (Wildman–Crippen LogP) is 2.12. The topological polar surface area (TPSA) is 103 Å². The second-order valence-electron chi connectivity index (χ2n) is 6.03. The fourth-order valence-electron chi connectivity index (χ4n) is 2.76. The fraction of sp³-hybridized carbons (Fsp3) is 0.300. The smallest absolute Gasteiger partial charge is 0.252 e. The van der Waals surface area contributed by atoms with E-state index in [1.807, 2.05) is 31.2 Å². The second kappa shape index (κ2) is 9.59. The minimum Gasteiger partial charge on any atom is -0.493 e. The molecule has 0 saturated carbocycles. The number of hydrazine groups is 1. The van der Waals surface area contributed by atoms with Crippen LogP contribution in [0.5, 0.6) is 11.5 Å². The van der Waals surface area contributed by atoms with E-state index in [1.54, 1.807) is 32.4 Å². The molecule has 0 aromatic heterocycles. The number of rotatable bonds is 8. The van der Waals surface area contributed by atoms with Gasteiger partial charge in [-0.05, 0) is 42.7 Å². The number of ether oxygens (including phenoxy) is 2. The Hall–Kier alpha value is -3.06. The van der Waals surface area contributed by atoms with Gasteiger partial charge < -0.3 is 14.8 Å². The van der Waals surface area contributed by atoms with Crippen molar-refractivity contribution < 1.29 is 19.1 Å². The third kappa shape index (κ3) is 5.21. The molecule has 0 fully saturated rings. The lowest BCUT2D eigenvalue weighted by atomic mass is 10.0. The molecule has 7 nitrogen and oxygen atoms in total. The molecule has 2 amide bonds. The lowest BCUT2D eigenvalue weighted by Crippen LogP contribution is -2.30. The number of aryl methyl sites for hydroxylation is 1. The van der Waals surface area contributed by atoms with Gasteiger partial charge in [0, 0.05) is 12.0 Å². The zero-order valence-electron chi connectivity index (χ0n) is 15.7. The Morgan fingerprint density at radius 1 is 1.07 bits per heavy atom. The lowest BCUT2D eigenvalue weighted by Gasteiger charge is -2.17. The first kappa shape index (κ1) is 20.3. The molecule has 27 heavy (non-hydrogen) atoms. The number of carbonyl (C=O) groups is 2. The van der Waals surface area contributed by atoms with Crippen LogP contribution in [0, 0.1) is 0 Å². The summed E-state index contributed by atoms with van der Waals surface area (Å²) in [5, 5.41) is 2.98. The van der Waals surface area contributed by atoms with E-state index in [2.05, 4.69) is 10.7 Å². The number of nitrogens with one attached hydrogen (secondary N) is 2. The first-order chi connectivity index (χ1) is 13.0. The van der Waals surface area contributed by atoms with Crippen LogP contribution >= 0.6 is 0 Å². The van der Waals surface area contributed by atoms with Gasteiger partial charge >= 0.3 is 0 Å². The average molecular weight is 371 g/mol. The predicted molar refractivity (Wildman–Crippen MR) is 103 cm³/mol. The molecule has 0 saturated heterocycles. The Labute approximate surface area is 158 Å². The summed E-state index contributed by atoms with van der Waals surface area (Å²) in [6.45, 7) is 1.89. The van der Waals surface area contributed by atoms with E-state index < -0.39 is 0 Å². The van der Waals surface area contributed by atoms with E-state index in [0.29, 0.717) is 23.5 Å². The molecule has 1 unspecified atom stereocenters. The largest absolute Gasteiger partial charge is 0.493 e. The van der Waals surface area contributed by atoms with Crippen molar-refractivity contribution in [2.75, 3.05) is 14.2 Å². The number of benzene rings is 2. The fourth-order valence-corrected chi connectivity index (χ4v) is 2.76. The van der Waals surface area contributed by atoms with Crippen LogP contribution in [0.4, 0.5) is 0 Å². The number of nitrogens with two attached hydrogens (primary N) is 1. The summed E-state index contributed by atoms with van der Waals surface area (Å²) in [6.07, 6.45) is 0.642. The Bertz CT molecular complexity index is 808. The molecule has 0 spiro atoms. The second-order valence-corrected chi connectivity index (χ2v) is 6.03. The van der Waals surface area contributed by atoms with E-state index in [4.69, 9.17) is 15.3 Å². The van der Waals surface area contributed by atoms with Crippen LogP contribution in [0.1, 0.15) is 40.9 Å². The zero-order chi connectivity index (χ0) is 19.8. The van der Waals surface area contributed by atoms with Crippen LogP contribution in [-0.2, 0) is 11.2 Å². The standard InChI is InChI=1S/C20H25N3O4/c1-13(15-8-10-17(26-2)18(12-15)27-3)22-20(25)16-7-5-4-6-14(16)9-11-19(24)23-21/h4-8,10,12-13H,9,11,21H2,1-3H3,(H,22,25)(H,23,24). The molecule has 0 aliphatic rings. The number of hydrogen-bond acceptors (Lipinski definition) is 5. The average Bonchev–Trinajstić information content (AvgIpc) is 2.71. The SMILES string of the molecule is COc1ccc(C(C)NC(=O)c2ccccc2CCC(=O)NN)cc1OC. The van der Waals surface area contributed by atoms with Crippen LogP contribution < -0.4 is 26.1 Å². The molecule has 2 aromatic carbocycles. The summed E-state index contributed by atoms with van der Waals surface area (Å²) in [4.78, 5) is 24.1. The van der Waals surface area contributed by atoms with Crippen LogP contribution in [0.3, 0.4) is 0 Å². The minimum absolute atomic E-state index is 0.207. The Morgan fingerprint density at radius 3 is 2.44 bits per heavy atom. The van der Waals surface area contributed by atoms with E-state index in [9.17, 15) is 9.59 Å². The highest BCUT2D eigenvalue weighted by atomic mass is 16.5. The van der Waals surface area contributed by atoms with Crippen LogP contribution in [0.25, 0.3) is 0 Å². The third-order valence-corrected chi connectivity index (χ3v) is 4.30. The maximum Gasteiger partial charge on any atom is 0.252 e. The molecule has 0 aliphatic heterocycles. The van der Waals surface area contributed by atoms with Crippen molar-refractivity contribution in [3.63, 3.8) is 0 Å². The summed E-state index contributed by atoms with van der Waals surface area (Å²) >= 11 is 0. The Morgan fingerprint density at radius 2 is 1.78 bits per heavy atom. The van der Waals surface area contributed by atoms with Crippen molar-refractivity contribution in [1.29, 1.82) is 0 Å². The van der Waals surface area contributed by atoms with Crippen LogP contribution in [0.2, 0.25) is 0 Å². The lowest BCUT2D eigenvalue weighted by molar-refractivity contribution is -0.121. The summed E-state index contributed by atoms with van der Waals surface area (Å²) in [5.41, 5.74) is 4.31.